The number of ketones is 1. The van der Waals surface area contributed by atoms with Crippen LogP contribution in [0.3, 0.4) is 0 Å². The van der Waals surface area contributed by atoms with Crippen LogP contribution in [0.5, 0.6) is 0 Å². The molecule has 2 saturated carbocycles. The summed E-state index contributed by atoms with van der Waals surface area (Å²) in [5.41, 5.74) is -0.375. The Morgan fingerprint density at radius 1 is 1.00 bits per heavy atom. The van der Waals surface area contributed by atoms with Crippen molar-refractivity contribution in [3.8, 4) is 12.3 Å². The van der Waals surface area contributed by atoms with E-state index in [0.29, 0.717) is 5.78 Å². The number of carbonyl (C=O) groups excluding carboxylic acids is 1. The third-order valence-corrected chi connectivity index (χ3v) is 4.43. The molecule has 2 aliphatic rings. The van der Waals surface area contributed by atoms with Crippen LogP contribution in [0.2, 0.25) is 0 Å². The zero-order valence-electron chi connectivity index (χ0n) is 10.1. The van der Waals surface area contributed by atoms with Crippen molar-refractivity contribution in [2.24, 2.45) is 11.3 Å². The van der Waals surface area contributed by atoms with Crippen LogP contribution in [0.15, 0.2) is 0 Å². The molecule has 1 heteroatoms. The minimum atomic E-state index is -0.375. The van der Waals surface area contributed by atoms with Crippen LogP contribution in [0, 0.1) is 23.7 Å². The van der Waals surface area contributed by atoms with Gasteiger partial charge in [-0.1, -0.05) is 44.4 Å². The highest BCUT2D eigenvalue weighted by molar-refractivity contribution is 5.90. The van der Waals surface area contributed by atoms with Crippen molar-refractivity contribution in [2.75, 3.05) is 0 Å². The summed E-state index contributed by atoms with van der Waals surface area (Å²) in [7, 11) is 0. The maximum atomic E-state index is 12.6. The van der Waals surface area contributed by atoms with Gasteiger partial charge in [0.1, 0.15) is 0 Å². The van der Waals surface area contributed by atoms with E-state index in [1.807, 2.05) is 0 Å². The van der Waals surface area contributed by atoms with E-state index in [0.717, 1.165) is 38.5 Å². The molecule has 88 valence electrons. The third-order valence-electron chi connectivity index (χ3n) is 4.43. The molecule has 16 heavy (non-hydrogen) atoms. The van der Waals surface area contributed by atoms with Gasteiger partial charge in [0.25, 0.3) is 0 Å². The van der Waals surface area contributed by atoms with Crippen LogP contribution in [0.4, 0.5) is 0 Å². The Bertz CT molecular complexity index is 285. The lowest BCUT2D eigenvalue weighted by molar-refractivity contribution is -0.132. The molecule has 0 atom stereocenters. The van der Waals surface area contributed by atoms with Gasteiger partial charge in [-0.3, -0.25) is 4.79 Å². The predicted molar refractivity (Wildman–Crippen MR) is 65.9 cm³/mol. The molecule has 0 spiro atoms. The first-order valence-corrected chi connectivity index (χ1v) is 6.81. The average molecular weight is 218 g/mol. The van der Waals surface area contributed by atoms with Crippen LogP contribution in [-0.2, 0) is 4.79 Å². The molecule has 0 aromatic carbocycles. The van der Waals surface area contributed by atoms with Gasteiger partial charge in [0, 0.05) is 5.92 Å². The lowest BCUT2D eigenvalue weighted by Crippen LogP contribution is -2.37. The van der Waals surface area contributed by atoms with Crippen molar-refractivity contribution in [1.82, 2.24) is 0 Å². The molecular formula is C15H22O. The fraction of sp³-hybridized carbons (Fsp3) is 0.800. The second kappa shape index (κ2) is 5.04. The summed E-state index contributed by atoms with van der Waals surface area (Å²) in [6.45, 7) is 0. The zero-order valence-corrected chi connectivity index (χ0v) is 10.1. The average Bonchev–Trinajstić information content (AvgIpc) is 2.39. The van der Waals surface area contributed by atoms with E-state index >= 15 is 0 Å². The third kappa shape index (κ3) is 2.17. The summed E-state index contributed by atoms with van der Waals surface area (Å²) in [4.78, 5) is 12.6. The van der Waals surface area contributed by atoms with Crippen molar-refractivity contribution < 1.29 is 4.79 Å². The molecule has 0 heterocycles. The Morgan fingerprint density at radius 2 is 1.56 bits per heavy atom. The van der Waals surface area contributed by atoms with E-state index < -0.39 is 0 Å². The number of rotatable bonds is 2. The van der Waals surface area contributed by atoms with Gasteiger partial charge < -0.3 is 0 Å². The zero-order chi connectivity index (χ0) is 11.4. The van der Waals surface area contributed by atoms with E-state index in [9.17, 15) is 4.79 Å². The van der Waals surface area contributed by atoms with Gasteiger partial charge in [0.05, 0.1) is 5.41 Å². The van der Waals surface area contributed by atoms with Gasteiger partial charge in [-0.05, 0) is 25.7 Å². The van der Waals surface area contributed by atoms with Gasteiger partial charge in [-0.25, -0.2) is 0 Å². The lowest BCUT2D eigenvalue weighted by Gasteiger charge is -2.35. The summed E-state index contributed by atoms with van der Waals surface area (Å²) in [6.07, 6.45) is 17.0. The Balaban J connectivity index is 2.08. The van der Waals surface area contributed by atoms with E-state index in [4.69, 9.17) is 6.42 Å². The first kappa shape index (κ1) is 11.7. The number of hydrogen-bond donors (Lipinski definition) is 0. The summed E-state index contributed by atoms with van der Waals surface area (Å²) in [5, 5.41) is 0. The van der Waals surface area contributed by atoms with Crippen LogP contribution >= 0.6 is 0 Å². The quantitative estimate of drug-likeness (QED) is 0.646. The molecule has 0 aromatic rings. The summed E-state index contributed by atoms with van der Waals surface area (Å²) < 4.78 is 0. The minimum absolute atomic E-state index is 0.280. The van der Waals surface area contributed by atoms with Crippen LogP contribution in [0.1, 0.15) is 64.2 Å². The van der Waals surface area contributed by atoms with Crippen LogP contribution < -0.4 is 0 Å². The maximum Gasteiger partial charge on any atom is 0.153 e. The molecule has 0 aromatic heterocycles. The van der Waals surface area contributed by atoms with Gasteiger partial charge in [-0.2, -0.15) is 0 Å². The van der Waals surface area contributed by atoms with Gasteiger partial charge in [0.2, 0.25) is 0 Å². The van der Waals surface area contributed by atoms with Crippen molar-refractivity contribution in [3.05, 3.63) is 0 Å². The molecule has 0 bridgehead atoms. The topological polar surface area (TPSA) is 17.1 Å². The smallest absolute Gasteiger partial charge is 0.153 e. The molecule has 0 N–H and O–H groups in total. The number of terminal acetylenes is 1. The Labute approximate surface area is 99.0 Å². The first-order chi connectivity index (χ1) is 7.78. The highest BCUT2D eigenvalue weighted by Gasteiger charge is 2.41. The largest absolute Gasteiger partial charge is 0.298 e. The summed E-state index contributed by atoms with van der Waals surface area (Å²) >= 11 is 0. The molecular weight excluding hydrogens is 196 g/mol. The first-order valence-electron chi connectivity index (χ1n) is 6.81. The molecule has 0 amide bonds. The molecule has 1 nitrogen and oxygen atoms in total. The Morgan fingerprint density at radius 3 is 2.12 bits per heavy atom. The van der Waals surface area contributed by atoms with Crippen molar-refractivity contribution in [3.63, 3.8) is 0 Å². The molecule has 2 rings (SSSR count). The van der Waals surface area contributed by atoms with Gasteiger partial charge in [0.15, 0.2) is 5.78 Å². The molecule has 2 aliphatic carbocycles. The summed E-state index contributed by atoms with van der Waals surface area (Å²) in [6, 6.07) is 0. The second-order valence-electron chi connectivity index (χ2n) is 5.49. The monoisotopic (exact) mass is 218 g/mol. The fourth-order valence-electron chi connectivity index (χ4n) is 3.37. The molecule has 0 aliphatic heterocycles. The number of Topliss-reactive ketones (excluding diaryl/α,β-unsaturated/α-hetero) is 1. The molecule has 0 unspecified atom stereocenters. The number of hydrogen-bond acceptors (Lipinski definition) is 1. The highest BCUT2D eigenvalue weighted by atomic mass is 16.1. The second-order valence-corrected chi connectivity index (χ2v) is 5.49. The minimum Gasteiger partial charge on any atom is -0.298 e. The van der Waals surface area contributed by atoms with E-state index in [1.165, 1.54) is 25.7 Å². The Kier molecular flexibility index (Phi) is 3.69. The SMILES string of the molecule is C#CC1(C(=O)C2CCCCC2)CCCCC1. The normalized spacial score (nSPS) is 25.9. The maximum absolute atomic E-state index is 12.6. The predicted octanol–water partition coefficient (Wildman–Crippen LogP) is 3.72. The standard InChI is InChI=1S/C15H22O/c1-2-15(11-7-4-8-12-15)14(16)13-9-5-3-6-10-13/h1,13H,3-12H2. The molecule has 0 saturated heterocycles. The molecule has 0 radical (unpaired) electrons. The van der Waals surface area contributed by atoms with Crippen molar-refractivity contribution in [2.45, 2.75) is 64.2 Å². The Hall–Kier alpha value is -0.770. The molecule has 2 fully saturated rings. The van der Waals surface area contributed by atoms with Crippen molar-refractivity contribution in [1.29, 1.82) is 0 Å². The van der Waals surface area contributed by atoms with E-state index in [1.54, 1.807) is 0 Å². The van der Waals surface area contributed by atoms with E-state index in [2.05, 4.69) is 5.92 Å². The lowest BCUT2D eigenvalue weighted by atomic mass is 9.66. The van der Waals surface area contributed by atoms with Crippen LogP contribution in [0.25, 0.3) is 0 Å². The number of carbonyl (C=O) groups is 1. The van der Waals surface area contributed by atoms with Gasteiger partial charge in [-0.15, -0.1) is 6.42 Å². The summed E-state index contributed by atoms with van der Waals surface area (Å²) in [5.74, 6) is 3.56. The highest BCUT2D eigenvalue weighted by Crippen LogP contribution is 2.41. The van der Waals surface area contributed by atoms with Crippen LogP contribution in [-0.4, -0.2) is 5.78 Å². The van der Waals surface area contributed by atoms with Crippen molar-refractivity contribution >= 4 is 5.78 Å². The van der Waals surface area contributed by atoms with Gasteiger partial charge >= 0.3 is 0 Å². The fourth-order valence-corrected chi connectivity index (χ4v) is 3.37. The van der Waals surface area contributed by atoms with E-state index in [-0.39, 0.29) is 11.3 Å².